The molecule has 1 aromatic rings. The zero-order valence-electron chi connectivity index (χ0n) is 9.50. The number of rotatable bonds is 3. The Bertz CT molecular complexity index is 521. The molecule has 2 rings (SSSR count). The molecule has 94 valence electrons. The van der Waals surface area contributed by atoms with Crippen LogP contribution in [-0.4, -0.2) is 40.9 Å². The van der Waals surface area contributed by atoms with E-state index in [0.717, 1.165) is 0 Å². The Hall–Kier alpha value is -2.37. The molecule has 0 saturated carbocycles. The second-order valence-electron chi connectivity index (χ2n) is 4.19. The van der Waals surface area contributed by atoms with Crippen molar-refractivity contribution < 1.29 is 19.5 Å². The van der Waals surface area contributed by atoms with Gasteiger partial charge in [-0.25, -0.2) is 0 Å². The summed E-state index contributed by atoms with van der Waals surface area (Å²) >= 11 is 0. The fourth-order valence-corrected chi connectivity index (χ4v) is 1.79. The smallest absolute Gasteiger partial charge is 0.310 e. The normalized spacial score (nSPS) is 15.0. The van der Waals surface area contributed by atoms with Crippen LogP contribution in [0.3, 0.4) is 0 Å². The Morgan fingerprint density at radius 2 is 1.83 bits per heavy atom. The molecule has 6 heteroatoms. The minimum Gasteiger partial charge on any atom is -0.481 e. The monoisotopic (exact) mass is 248 g/mol. The third-order valence-electron chi connectivity index (χ3n) is 2.91. The van der Waals surface area contributed by atoms with Crippen LogP contribution in [0.25, 0.3) is 0 Å². The lowest BCUT2D eigenvalue weighted by atomic mass is 9.98. The number of amides is 2. The molecule has 0 radical (unpaired) electrons. The van der Waals surface area contributed by atoms with E-state index in [4.69, 9.17) is 10.8 Å². The van der Waals surface area contributed by atoms with Gasteiger partial charge in [-0.3, -0.25) is 14.4 Å². The quantitative estimate of drug-likeness (QED) is 0.782. The number of hydrogen-bond acceptors (Lipinski definition) is 3. The molecule has 0 aromatic heterocycles. The van der Waals surface area contributed by atoms with Gasteiger partial charge in [0.25, 0.3) is 5.91 Å². The molecule has 0 unspecified atom stereocenters. The lowest BCUT2D eigenvalue weighted by molar-refractivity contribution is -0.146. The lowest BCUT2D eigenvalue weighted by Gasteiger charge is -2.36. The number of carbonyl (C=O) groups excluding carboxylic acids is 2. The van der Waals surface area contributed by atoms with Crippen LogP contribution in [0.2, 0.25) is 0 Å². The molecule has 6 nitrogen and oxygen atoms in total. The largest absolute Gasteiger partial charge is 0.481 e. The van der Waals surface area contributed by atoms with E-state index >= 15 is 0 Å². The number of nitrogens with zero attached hydrogens (tertiary/aromatic N) is 1. The van der Waals surface area contributed by atoms with Gasteiger partial charge in [-0.2, -0.15) is 0 Å². The van der Waals surface area contributed by atoms with Crippen molar-refractivity contribution in [3.8, 4) is 0 Å². The van der Waals surface area contributed by atoms with Gasteiger partial charge in [-0.1, -0.05) is 6.07 Å². The van der Waals surface area contributed by atoms with Gasteiger partial charge < -0.3 is 15.7 Å². The van der Waals surface area contributed by atoms with Crippen molar-refractivity contribution in [3.63, 3.8) is 0 Å². The second-order valence-corrected chi connectivity index (χ2v) is 4.19. The topological polar surface area (TPSA) is 101 Å². The van der Waals surface area contributed by atoms with Crippen molar-refractivity contribution in [1.82, 2.24) is 4.90 Å². The van der Waals surface area contributed by atoms with Crippen molar-refractivity contribution in [2.75, 3.05) is 13.1 Å². The fraction of sp³-hybridized carbons (Fsp3) is 0.250. The van der Waals surface area contributed by atoms with Crippen LogP contribution in [0.1, 0.15) is 20.7 Å². The molecule has 0 atom stereocenters. The molecule has 1 aliphatic heterocycles. The highest BCUT2D eigenvalue weighted by Crippen LogP contribution is 2.19. The van der Waals surface area contributed by atoms with Gasteiger partial charge in [0.15, 0.2) is 0 Å². The van der Waals surface area contributed by atoms with Gasteiger partial charge in [-0.15, -0.1) is 0 Å². The average molecular weight is 248 g/mol. The van der Waals surface area contributed by atoms with Crippen molar-refractivity contribution in [2.24, 2.45) is 11.7 Å². The molecular formula is C12H12N2O4. The first-order chi connectivity index (χ1) is 8.49. The zero-order chi connectivity index (χ0) is 13.3. The van der Waals surface area contributed by atoms with Gasteiger partial charge in [0.1, 0.15) is 0 Å². The number of carboxylic acid groups (broad SMARTS) is 1. The summed E-state index contributed by atoms with van der Waals surface area (Å²) in [6.45, 7) is 0.407. The van der Waals surface area contributed by atoms with E-state index in [1.165, 1.54) is 17.0 Å². The van der Waals surface area contributed by atoms with Crippen molar-refractivity contribution in [1.29, 1.82) is 0 Å². The first-order valence-electron chi connectivity index (χ1n) is 5.41. The maximum Gasteiger partial charge on any atom is 0.310 e. The standard InChI is InChI=1S/C12H12N2O4/c13-10(15)7-2-1-3-8(4-7)11(16)14-5-9(6-14)12(17)18/h1-4,9H,5-6H2,(H2,13,15)(H,17,18). The predicted octanol–water partition coefficient (Wildman–Crippen LogP) is -0.0579. The van der Waals surface area contributed by atoms with Crippen LogP contribution in [0.4, 0.5) is 0 Å². The molecule has 0 spiro atoms. The van der Waals surface area contributed by atoms with Crippen LogP contribution in [0.5, 0.6) is 0 Å². The number of carboxylic acids is 1. The number of benzene rings is 1. The summed E-state index contributed by atoms with van der Waals surface area (Å²) in [5.74, 6) is -2.27. The highest BCUT2D eigenvalue weighted by atomic mass is 16.4. The summed E-state index contributed by atoms with van der Waals surface area (Å²) in [5, 5.41) is 8.72. The van der Waals surface area contributed by atoms with Crippen LogP contribution in [0.15, 0.2) is 24.3 Å². The first-order valence-corrected chi connectivity index (χ1v) is 5.41. The Balaban J connectivity index is 2.09. The van der Waals surface area contributed by atoms with Gasteiger partial charge in [0, 0.05) is 24.2 Å². The van der Waals surface area contributed by atoms with Gasteiger partial charge in [0.05, 0.1) is 5.92 Å². The number of carbonyl (C=O) groups is 3. The molecule has 2 amide bonds. The summed E-state index contributed by atoms with van der Waals surface area (Å²) in [5.41, 5.74) is 5.73. The number of aliphatic carboxylic acids is 1. The van der Waals surface area contributed by atoms with E-state index in [1.807, 2.05) is 0 Å². The second kappa shape index (κ2) is 4.48. The van der Waals surface area contributed by atoms with E-state index in [0.29, 0.717) is 5.56 Å². The Morgan fingerprint density at radius 1 is 1.22 bits per heavy atom. The van der Waals surface area contributed by atoms with Crippen molar-refractivity contribution >= 4 is 17.8 Å². The number of primary amides is 1. The number of likely N-dealkylation sites (tertiary alicyclic amines) is 1. The molecule has 0 bridgehead atoms. The maximum atomic E-state index is 12.0. The highest BCUT2D eigenvalue weighted by Gasteiger charge is 2.35. The fourth-order valence-electron chi connectivity index (χ4n) is 1.79. The van der Waals surface area contributed by atoms with Crippen LogP contribution in [-0.2, 0) is 4.79 Å². The van der Waals surface area contributed by atoms with Crippen molar-refractivity contribution in [3.05, 3.63) is 35.4 Å². The lowest BCUT2D eigenvalue weighted by Crippen LogP contribution is -2.53. The average Bonchev–Trinajstić information content (AvgIpc) is 2.26. The molecule has 1 heterocycles. The van der Waals surface area contributed by atoms with Crippen LogP contribution >= 0.6 is 0 Å². The van der Waals surface area contributed by atoms with E-state index in [-0.39, 0.29) is 24.6 Å². The molecule has 3 N–H and O–H groups in total. The van der Waals surface area contributed by atoms with E-state index in [9.17, 15) is 14.4 Å². The Kier molecular flexibility index (Phi) is 3.01. The minimum atomic E-state index is -0.898. The molecule has 1 aromatic carbocycles. The molecule has 1 saturated heterocycles. The van der Waals surface area contributed by atoms with Gasteiger partial charge >= 0.3 is 5.97 Å². The SMILES string of the molecule is NC(=O)c1cccc(C(=O)N2CC(C(=O)O)C2)c1. The Labute approximate surface area is 103 Å². The predicted molar refractivity (Wildman–Crippen MR) is 62.0 cm³/mol. The number of hydrogen-bond donors (Lipinski definition) is 2. The molecule has 0 aliphatic carbocycles. The van der Waals surface area contributed by atoms with E-state index < -0.39 is 17.8 Å². The third kappa shape index (κ3) is 2.17. The van der Waals surface area contributed by atoms with E-state index in [2.05, 4.69) is 0 Å². The zero-order valence-corrected chi connectivity index (χ0v) is 9.50. The number of nitrogens with two attached hydrogens (primary N) is 1. The van der Waals surface area contributed by atoms with Crippen LogP contribution < -0.4 is 5.73 Å². The summed E-state index contributed by atoms with van der Waals surface area (Å²) in [4.78, 5) is 35.0. The van der Waals surface area contributed by atoms with Crippen LogP contribution in [0, 0.1) is 5.92 Å². The minimum absolute atomic E-state index is 0.203. The molecular weight excluding hydrogens is 236 g/mol. The van der Waals surface area contributed by atoms with E-state index in [1.54, 1.807) is 12.1 Å². The van der Waals surface area contributed by atoms with Crippen molar-refractivity contribution in [2.45, 2.75) is 0 Å². The summed E-state index contributed by atoms with van der Waals surface area (Å²) in [7, 11) is 0. The molecule has 1 fully saturated rings. The summed E-state index contributed by atoms with van der Waals surface area (Å²) in [6, 6.07) is 6.08. The maximum absolute atomic E-state index is 12.0. The highest BCUT2D eigenvalue weighted by molar-refractivity contribution is 5.99. The third-order valence-corrected chi connectivity index (χ3v) is 2.91. The first kappa shape index (κ1) is 12.1. The summed E-state index contributed by atoms with van der Waals surface area (Å²) in [6.07, 6.45) is 0. The molecule has 1 aliphatic rings. The molecule has 18 heavy (non-hydrogen) atoms. The Morgan fingerprint density at radius 3 is 2.39 bits per heavy atom. The summed E-state index contributed by atoms with van der Waals surface area (Å²) < 4.78 is 0. The van der Waals surface area contributed by atoms with Gasteiger partial charge in [0.2, 0.25) is 5.91 Å². The van der Waals surface area contributed by atoms with Gasteiger partial charge in [-0.05, 0) is 18.2 Å².